The van der Waals surface area contributed by atoms with Crippen LogP contribution >= 0.6 is 0 Å². The molecule has 3 rings (SSSR count). The number of hydrogen-bond donors (Lipinski definition) is 1. The number of carbonyl (C=O) groups is 1. The number of carbonyl (C=O) groups excluding carboxylic acids is 1. The number of nitrogens with zero attached hydrogens (tertiary/aromatic N) is 2. The summed E-state index contributed by atoms with van der Waals surface area (Å²) in [7, 11) is 3.22. The summed E-state index contributed by atoms with van der Waals surface area (Å²) in [6, 6.07) is 13.8. The Morgan fingerprint density at radius 2 is 1.94 bits per heavy atom. The first kappa shape index (κ1) is 24.6. The highest BCUT2D eigenvalue weighted by Crippen LogP contribution is 2.40. The number of fused-ring (bicyclic) bond motifs is 1. The molecule has 178 valence electrons. The second kappa shape index (κ2) is 12.3. The van der Waals surface area contributed by atoms with Crippen LogP contribution in [-0.4, -0.2) is 69.1 Å². The zero-order valence-electron chi connectivity index (χ0n) is 19.5. The summed E-state index contributed by atoms with van der Waals surface area (Å²) in [5, 5.41) is 10.9. The third kappa shape index (κ3) is 6.49. The fourth-order valence-corrected chi connectivity index (χ4v) is 4.09. The van der Waals surface area contributed by atoms with Gasteiger partial charge < -0.3 is 29.1 Å². The topological polar surface area (TPSA) is 71.5 Å². The lowest BCUT2D eigenvalue weighted by Gasteiger charge is -2.35. The Kier molecular flexibility index (Phi) is 9.15. The molecule has 1 unspecified atom stereocenters. The number of amides is 1. The lowest BCUT2D eigenvalue weighted by molar-refractivity contribution is -0.132. The minimum Gasteiger partial charge on any atom is -0.493 e. The van der Waals surface area contributed by atoms with E-state index in [1.165, 1.54) is 0 Å². The normalized spacial score (nSPS) is 14.8. The van der Waals surface area contributed by atoms with E-state index in [2.05, 4.69) is 11.5 Å². The molecule has 1 amide bonds. The fraction of sp³-hybridized carbons (Fsp3) is 0.423. The van der Waals surface area contributed by atoms with Crippen molar-refractivity contribution in [1.82, 2.24) is 4.90 Å². The molecule has 33 heavy (non-hydrogen) atoms. The third-order valence-electron chi connectivity index (χ3n) is 5.71. The quantitative estimate of drug-likeness (QED) is 0.527. The van der Waals surface area contributed by atoms with Gasteiger partial charge in [0.1, 0.15) is 6.61 Å². The molecule has 0 aliphatic carbocycles. The highest BCUT2D eigenvalue weighted by Gasteiger charge is 2.28. The molecule has 0 saturated carbocycles. The summed E-state index contributed by atoms with van der Waals surface area (Å²) in [5.41, 5.74) is 2.85. The van der Waals surface area contributed by atoms with Crippen molar-refractivity contribution >= 4 is 11.6 Å². The predicted molar refractivity (Wildman–Crippen MR) is 129 cm³/mol. The van der Waals surface area contributed by atoms with Crippen molar-refractivity contribution in [2.75, 3.05) is 52.0 Å². The Morgan fingerprint density at radius 3 is 2.64 bits per heavy atom. The number of anilines is 1. The van der Waals surface area contributed by atoms with Crippen LogP contribution in [0.15, 0.2) is 55.1 Å². The van der Waals surface area contributed by atoms with Crippen LogP contribution in [0.1, 0.15) is 17.5 Å². The van der Waals surface area contributed by atoms with Crippen molar-refractivity contribution in [2.45, 2.75) is 25.5 Å². The SMILES string of the molecule is C=CCOc1c(OC)ccc2c1CN(CCOC)C(=O)CCN2CC(O)Cc1ccccc1. The first-order valence-corrected chi connectivity index (χ1v) is 11.2. The zero-order chi connectivity index (χ0) is 23.6. The van der Waals surface area contributed by atoms with E-state index in [1.54, 1.807) is 25.2 Å². The Balaban J connectivity index is 1.95. The number of rotatable bonds is 11. The van der Waals surface area contributed by atoms with Crippen LogP contribution in [0, 0.1) is 0 Å². The molecule has 1 aliphatic rings. The second-order valence-corrected chi connectivity index (χ2v) is 8.04. The molecule has 0 saturated heterocycles. The fourth-order valence-electron chi connectivity index (χ4n) is 4.09. The molecular formula is C26H34N2O5. The zero-order valence-corrected chi connectivity index (χ0v) is 19.5. The molecule has 1 heterocycles. The van der Waals surface area contributed by atoms with Crippen LogP contribution in [0.4, 0.5) is 5.69 Å². The van der Waals surface area contributed by atoms with Crippen molar-refractivity contribution < 1.29 is 24.1 Å². The highest BCUT2D eigenvalue weighted by atomic mass is 16.5. The van der Waals surface area contributed by atoms with Crippen molar-refractivity contribution in [2.24, 2.45) is 0 Å². The van der Waals surface area contributed by atoms with E-state index in [9.17, 15) is 9.90 Å². The Morgan fingerprint density at radius 1 is 1.15 bits per heavy atom. The summed E-state index contributed by atoms with van der Waals surface area (Å²) < 4.78 is 16.8. The predicted octanol–water partition coefficient (Wildman–Crippen LogP) is 3.05. The number of methoxy groups -OCH3 is 2. The highest BCUT2D eigenvalue weighted by molar-refractivity contribution is 5.79. The van der Waals surface area contributed by atoms with E-state index in [1.807, 2.05) is 42.5 Å². The molecule has 7 nitrogen and oxygen atoms in total. The lowest BCUT2D eigenvalue weighted by Crippen LogP contribution is -2.42. The molecular weight excluding hydrogens is 420 g/mol. The van der Waals surface area contributed by atoms with Gasteiger partial charge in [0.2, 0.25) is 5.91 Å². The van der Waals surface area contributed by atoms with Crippen molar-refractivity contribution in [3.63, 3.8) is 0 Å². The third-order valence-corrected chi connectivity index (χ3v) is 5.71. The van der Waals surface area contributed by atoms with Gasteiger partial charge in [0.25, 0.3) is 0 Å². The molecule has 0 radical (unpaired) electrons. The van der Waals surface area contributed by atoms with Gasteiger partial charge in [0.05, 0.1) is 26.4 Å². The van der Waals surface area contributed by atoms with Crippen molar-refractivity contribution in [1.29, 1.82) is 0 Å². The monoisotopic (exact) mass is 454 g/mol. The number of aliphatic hydroxyl groups is 1. The van der Waals surface area contributed by atoms with E-state index in [-0.39, 0.29) is 5.91 Å². The van der Waals surface area contributed by atoms with Gasteiger partial charge in [-0.25, -0.2) is 0 Å². The van der Waals surface area contributed by atoms with Crippen LogP contribution in [-0.2, 0) is 22.5 Å². The Hall–Kier alpha value is -3.03. The standard InChI is InChI=1S/C26H34N2O5/c1-4-15-33-26-22-19-28(14-16-31-2)25(30)12-13-27(23(22)10-11-24(26)32-3)18-21(29)17-20-8-6-5-7-9-20/h4-11,21,29H,1,12-19H2,2-3H3. The number of hydrogen-bond acceptors (Lipinski definition) is 6. The maximum absolute atomic E-state index is 13.0. The van der Waals surface area contributed by atoms with E-state index >= 15 is 0 Å². The summed E-state index contributed by atoms with van der Waals surface area (Å²) in [6.45, 7) is 6.27. The number of ether oxygens (including phenoxy) is 3. The van der Waals surface area contributed by atoms with Crippen LogP contribution in [0.25, 0.3) is 0 Å². The minimum atomic E-state index is -0.584. The lowest BCUT2D eigenvalue weighted by atomic mass is 10.0. The molecule has 2 aromatic rings. The molecule has 1 N–H and O–H groups in total. The van der Waals surface area contributed by atoms with Gasteiger partial charge in [-0.1, -0.05) is 43.0 Å². The van der Waals surface area contributed by atoms with E-state index in [0.29, 0.717) is 63.7 Å². The van der Waals surface area contributed by atoms with E-state index < -0.39 is 6.10 Å². The van der Waals surface area contributed by atoms with Gasteiger partial charge in [-0.05, 0) is 17.7 Å². The van der Waals surface area contributed by atoms with E-state index in [0.717, 1.165) is 16.8 Å². The smallest absolute Gasteiger partial charge is 0.224 e. The van der Waals surface area contributed by atoms with Gasteiger partial charge in [0, 0.05) is 50.8 Å². The van der Waals surface area contributed by atoms with Crippen LogP contribution < -0.4 is 14.4 Å². The molecule has 0 spiro atoms. The van der Waals surface area contributed by atoms with Gasteiger partial charge in [-0.15, -0.1) is 0 Å². The number of benzene rings is 2. The molecule has 0 bridgehead atoms. The van der Waals surface area contributed by atoms with Crippen LogP contribution in [0.2, 0.25) is 0 Å². The maximum atomic E-state index is 13.0. The molecule has 0 fully saturated rings. The van der Waals surface area contributed by atoms with Gasteiger partial charge >= 0.3 is 0 Å². The molecule has 0 aromatic heterocycles. The van der Waals surface area contributed by atoms with Crippen molar-refractivity contribution in [3.8, 4) is 11.5 Å². The summed E-state index contributed by atoms with van der Waals surface area (Å²) in [6.07, 6.45) is 1.99. The largest absolute Gasteiger partial charge is 0.493 e. The van der Waals surface area contributed by atoms with E-state index in [4.69, 9.17) is 14.2 Å². The minimum absolute atomic E-state index is 0.0396. The Labute approximate surface area is 196 Å². The van der Waals surface area contributed by atoms with Crippen molar-refractivity contribution in [3.05, 3.63) is 66.2 Å². The summed E-state index contributed by atoms with van der Waals surface area (Å²) in [5.74, 6) is 1.23. The first-order valence-electron chi connectivity index (χ1n) is 11.2. The number of aliphatic hydroxyl groups excluding tert-OH is 1. The van der Waals surface area contributed by atoms with Crippen LogP contribution in [0.3, 0.4) is 0 Å². The number of β-amino-alcohol motifs (C(OH)–C–C–N with tert-alkyl or cyclic N) is 1. The second-order valence-electron chi connectivity index (χ2n) is 8.04. The summed E-state index contributed by atoms with van der Waals surface area (Å²) >= 11 is 0. The molecule has 2 aromatic carbocycles. The van der Waals surface area contributed by atoms with Crippen LogP contribution in [0.5, 0.6) is 11.5 Å². The molecule has 1 atom stereocenters. The maximum Gasteiger partial charge on any atom is 0.224 e. The average molecular weight is 455 g/mol. The summed E-state index contributed by atoms with van der Waals surface area (Å²) in [4.78, 5) is 16.8. The average Bonchev–Trinajstić information content (AvgIpc) is 2.82. The Bertz CT molecular complexity index is 918. The molecule has 7 heteroatoms. The first-order chi connectivity index (χ1) is 16.1. The van der Waals surface area contributed by atoms with Gasteiger partial charge in [0.15, 0.2) is 11.5 Å². The van der Waals surface area contributed by atoms with Gasteiger partial charge in [-0.2, -0.15) is 0 Å². The molecule has 1 aliphatic heterocycles. The van der Waals surface area contributed by atoms with Gasteiger partial charge in [-0.3, -0.25) is 4.79 Å².